The maximum atomic E-state index is 13.2. The van der Waals surface area contributed by atoms with Gasteiger partial charge in [0, 0.05) is 36.5 Å². The highest BCUT2D eigenvalue weighted by atomic mass is 35.5. The molecule has 1 amide bonds. The molecule has 1 aromatic heterocycles. The van der Waals surface area contributed by atoms with Crippen LogP contribution in [0.5, 0.6) is 11.5 Å². The number of fused-ring (bicyclic) bond motifs is 1. The number of H-pyrrole nitrogens is 1. The van der Waals surface area contributed by atoms with Crippen LogP contribution in [0.2, 0.25) is 5.02 Å². The van der Waals surface area contributed by atoms with Crippen LogP contribution in [-0.2, 0) is 4.74 Å². The third-order valence-electron chi connectivity index (χ3n) is 6.44. The third-order valence-corrected chi connectivity index (χ3v) is 6.77. The van der Waals surface area contributed by atoms with E-state index in [1.165, 1.54) is 25.3 Å². The number of aromatic amines is 1. The van der Waals surface area contributed by atoms with Crippen molar-refractivity contribution in [2.24, 2.45) is 5.73 Å². The van der Waals surface area contributed by atoms with E-state index in [-0.39, 0.29) is 34.4 Å². The first-order chi connectivity index (χ1) is 19.3. The second kappa shape index (κ2) is 13.3. The van der Waals surface area contributed by atoms with E-state index in [1.807, 2.05) is 30.3 Å². The molecule has 40 heavy (non-hydrogen) atoms. The lowest BCUT2D eigenvalue weighted by atomic mass is 9.91. The summed E-state index contributed by atoms with van der Waals surface area (Å²) in [7, 11) is 3.06. The van der Waals surface area contributed by atoms with Crippen molar-refractivity contribution >= 4 is 39.9 Å². The monoisotopic (exact) mass is 563 g/mol. The number of hydrogen-bond donors (Lipinski definition) is 3. The Morgan fingerprint density at radius 2 is 1.77 bits per heavy atom. The lowest BCUT2D eigenvalue weighted by Crippen LogP contribution is -2.23. The second-order valence-electron chi connectivity index (χ2n) is 9.06. The van der Waals surface area contributed by atoms with Gasteiger partial charge in [0.1, 0.15) is 12.2 Å². The fraction of sp³-hybridized carbons (Fsp3) is 0.233. The molecular weight excluding hydrogens is 534 g/mol. The van der Waals surface area contributed by atoms with Gasteiger partial charge >= 0.3 is 0 Å². The van der Waals surface area contributed by atoms with Gasteiger partial charge in [-0.15, -0.1) is 0 Å². The SMILES string of the molecule is COCCOc1cc2cc(C(=O)Nc3cc(C(=O)CC(CN)c4ccccc4)ccc3Cl)c(=O)[nH]c2cc1OC. The Morgan fingerprint density at radius 1 is 1.00 bits per heavy atom. The van der Waals surface area contributed by atoms with E-state index in [9.17, 15) is 14.4 Å². The number of pyridine rings is 1. The van der Waals surface area contributed by atoms with Crippen LogP contribution in [0.1, 0.15) is 38.6 Å². The van der Waals surface area contributed by atoms with Gasteiger partial charge in [-0.05, 0) is 42.4 Å². The second-order valence-corrected chi connectivity index (χ2v) is 9.47. The van der Waals surface area contributed by atoms with Gasteiger partial charge in [-0.3, -0.25) is 14.4 Å². The largest absolute Gasteiger partial charge is 0.493 e. The molecule has 0 fully saturated rings. The van der Waals surface area contributed by atoms with E-state index >= 15 is 0 Å². The maximum Gasteiger partial charge on any atom is 0.261 e. The number of carbonyl (C=O) groups is 2. The molecule has 0 aliphatic heterocycles. The Hall–Kier alpha value is -4.18. The molecule has 4 N–H and O–H groups in total. The number of anilines is 1. The van der Waals surface area contributed by atoms with Crippen molar-refractivity contribution in [3.8, 4) is 11.5 Å². The van der Waals surface area contributed by atoms with Gasteiger partial charge in [-0.2, -0.15) is 0 Å². The predicted molar refractivity (Wildman–Crippen MR) is 155 cm³/mol. The van der Waals surface area contributed by atoms with Gasteiger partial charge in [0.2, 0.25) is 0 Å². The minimum Gasteiger partial charge on any atom is -0.493 e. The molecule has 4 aromatic rings. The number of ketones is 1. The fourth-order valence-electron chi connectivity index (χ4n) is 4.28. The van der Waals surface area contributed by atoms with E-state index in [2.05, 4.69) is 10.3 Å². The molecule has 0 aliphatic carbocycles. The molecule has 0 saturated carbocycles. The van der Waals surface area contributed by atoms with Crippen LogP contribution in [0.25, 0.3) is 10.9 Å². The maximum absolute atomic E-state index is 13.2. The summed E-state index contributed by atoms with van der Waals surface area (Å²) in [6.45, 7) is 0.977. The number of ether oxygens (including phenoxy) is 3. The van der Waals surface area contributed by atoms with Gasteiger partial charge in [0.25, 0.3) is 11.5 Å². The first-order valence-corrected chi connectivity index (χ1v) is 13.0. The van der Waals surface area contributed by atoms with Crippen molar-refractivity contribution in [2.45, 2.75) is 12.3 Å². The molecule has 1 atom stereocenters. The molecule has 0 saturated heterocycles. The number of amides is 1. The molecule has 208 valence electrons. The van der Waals surface area contributed by atoms with E-state index in [0.717, 1.165) is 5.56 Å². The Kier molecular flexibility index (Phi) is 9.55. The zero-order chi connectivity index (χ0) is 28.6. The normalized spacial score (nSPS) is 11.7. The molecule has 3 aromatic carbocycles. The zero-order valence-electron chi connectivity index (χ0n) is 22.2. The van der Waals surface area contributed by atoms with Gasteiger partial charge < -0.3 is 30.2 Å². The molecule has 0 radical (unpaired) electrons. The quantitative estimate of drug-likeness (QED) is 0.167. The summed E-state index contributed by atoms with van der Waals surface area (Å²) in [4.78, 5) is 41.8. The topological polar surface area (TPSA) is 133 Å². The zero-order valence-corrected chi connectivity index (χ0v) is 22.9. The summed E-state index contributed by atoms with van der Waals surface area (Å²) < 4.78 is 16.1. The first-order valence-electron chi connectivity index (χ1n) is 12.6. The number of carbonyl (C=O) groups excluding carboxylic acids is 2. The summed E-state index contributed by atoms with van der Waals surface area (Å²) >= 11 is 6.34. The van der Waals surface area contributed by atoms with E-state index < -0.39 is 11.5 Å². The number of halogens is 1. The molecule has 0 spiro atoms. The van der Waals surface area contributed by atoms with E-state index in [4.69, 9.17) is 31.5 Å². The lowest BCUT2D eigenvalue weighted by molar-refractivity contribution is 0.0972. The highest BCUT2D eigenvalue weighted by Gasteiger charge is 2.19. The van der Waals surface area contributed by atoms with Gasteiger partial charge in [0.15, 0.2) is 17.3 Å². The van der Waals surface area contributed by atoms with Crippen molar-refractivity contribution in [3.05, 3.63) is 98.8 Å². The summed E-state index contributed by atoms with van der Waals surface area (Å²) in [5.74, 6) is -0.123. The smallest absolute Gasteiger partial charge is 0.261 e. The number of nitrogens with one attached hydrogen (secondary N) is 2. The Labute approximate surface area is 236 Å². The summed E-state index contributed by atoms with van der Waals surface area (Å²) in [5, 5.41) is 3.44. The Morgan fingerprint density at radius 3 is 2.48 bits per heavy atom. The van der Waals surface area contributed by atoms with Crippen molar-refractivity contribution < 1.29 is 23.8 Å². The van der Waals surface area contributed by atoms with Crippen LogP contribution in [0, 0.1) is 0 Å². The van der Waals surface area contributed by atoms with E-state index in [0.29, 0.717) is 47.7 Å². The predicted octanol–water partition coefficient (Wildman–Crippen LogP) is 4.78. The van der Waals surface area contributed by atoms with Gasteiger partial charge in [-0.25, -0.2) is 0 Å². The third kappa shape index (κ3) is 6.69. The van der Waals surface area contributed by atoms with Crippen molar-refractivity contribution in [1.29, 1.82) is 0 Å². The first kappa shape index (κ1) is 28.8. The molecule has 1 heterocycles. The van der Waals surface area contributed by atoms with Gasteiger partial charge in [-0.1, -0.05) is 41.9 Å². The molecule has 9 nitrogen and oxygen atoms in total. The van der Waals surface area contributed by atoms with Crippen molar-refractivity contribution in [1.82, 2.24) is 4.98 Å². The minimum absolute atomic E-state index is 0.138. The van der Waals surface area contributed by atoms with E-state index in [1.54, 1.807) is 25.3 Å². The van der Waals surface area contributed by atoms with Crippen LogP contribution >= 0.6 is 11.6 Å². The van der Waals surface area contributed by atoms with Crippen LogP contribution in [0.3, 0.4) is 0 Å². The number of benzene rings is 3. The number of Topliss-reactive ketones (excluding diaryl/α,β-unsaturated/α-hetero) is 1. The highest BCUT2D eigenvalue weighted by molar-refractivity contribution is 6.34. The molecular formula is C30H30ClN3O6. The number of rotatable bonds is 12. The van der Waals surface area contributed by atoms with Crippen LogP contribution < -0.4 is 26.1 Å². The molecule has 1 unspecified atom stereocenters. The lowest BCUT2D eigenvalue weighted by Gasteiger charge is -2.15. The number of nitrogens with two attached hydrogens (primary N) is 1. The summed E-state index contributed by atoms with van der Waals surface area (Å²) in [6, 6.07) is 19.0. The minimum atomic E-state index is -0.684. The average Bonchev–Trinajstić information content (AvgIpc) is 2.96. The average molecular weight is 564 g/mol. The van der Waals surface area contributed by atoms with Crippen LogP contribution in [-0.4, -0.2) is 50.7 Å². The van der Waals surface area contributed by atoms with Crippen LogP contribution in [0.15, 0.2) is 71.5 Å². The molecule has 4 rings (SSSR count). The molecule has 0 bridgehead atoms. The number of hydrogen-bond acceptors (Lipinski definition) is 7. The standard InChI is InChI=1S/C30H30ClN3O6/c1-38-10-11-40-28-15-20-12-22(29(36)33-24(20)16-27(28)39-2)30(37)34-25-13-19(8-9-23(25)31)26(35)14-21(17-32)18-6-4-3-5-7-18/h3-9,12-13,15-16,21H,10-11,14,17,32H2,1-2H3,(H,33,36)(H,34,37). The summed E-state index contributed by atoms with van der Waals surface area (Å²) in [6.07, 6.45) is 0.193. The van der Waals surface area contributed by atoms with Gasteiger partial charge in [0.05, 0.1) is 29.9 Å². The summed E-state index contributed by atoms with van der Waals surface area (Å²) in [5.41, 5.74) is 7.22. The Balaban J connectivity index is 1.57. The number of aromatic nitrogens is 1. The van der Waals surface area contributed by atoms with Crippen LogP contribution in [0.4, 0.5) is 5.69 Å². The fourth-order valence-corrected chi connectivity index (χ4v) is 4.44. The van der Waals surface area contributed by atoms with Crippen molar-refractivity contribution in [2.75, 3.05) is 39.3 Å². The van der Waals surface area contributed by atoms with Crippen molar-refractivity contribution in [3.63, 3.8) is 0 Å². The highest BCUT2D eigenvalue weighted by Crippen LogP contribution is 2.32. The Bertz CT molecular complexity index is 1570. The number of methoxy groups -OCH3 is 2. The molecule has 10 heteroatoms. The molecule has 0 aliphatic rings.